The minimum atomic E-state index is -3.67. The molecule has 11 nitrogen and oxygen atoms in total. The molecule has 3 aromatic rings. The lowest BCUT2D eigenvalue weighted by atomic mass is 10.3. The Morgan fingerprint density at radius 3 is 2.70 bits per heavy atom. The van der Waals surface area contributed by atoms with Crippen molar-refractivity contribution >= 4 is 30.5 Å². The highest BCUT2D eigenvalue weighted by Crippen LogP contribution is 2.43. The molecule has 30 heavy (non-hydrogen) atoms. The maximum absolute atomic E-state index is 13.3. The predicted octanol–water partition coefficient (Wildman–Crippen LogP) is 2.11. The first kappa shape index (κ1) is 21.7. The van der Waals surface area contributed by atoms with E-state index >= 15 is 0 Å². The highest BCUT2D eigenvalue weighted by molar-refractivity contribution is 7.57. The van der Waals surface area contributed by atoms with E-state index in [1.165, 1.54) is 13.3 Å². The summed E-state index contributed by atoms with van der Waals surface area (Å²) in [5, 5.41) is 11.7. The molecule has 0 bridgehead atoms. The number of aromatic nitrogens is 4. The second-order valence-electron chi connectivity index (χ2n) is 6.70. The number of rotatable bonds is 10. The van der Waals surface area contributed by atoms with Crippen molar-refractivity contribution in [3.63, 3.8) is 0 Å². The van der Waals surface area contributed by atoms with Crippen molar-refractivity contribution in [3.8, 4) is 5.75 Å². The minimum Gasteiger partial charge on any atom is -0.480 e. The van der Waals surface area contributed by atoms with E-state index in [1.807, 2.05) is 0 Å². The summed E-state index contributed by atoms with van der Waals surface area (Å²) in [4.78, 5) is 23.5. The highest BCUT2D eigenvalue weighted by Gasteiger charge is 2.31. The van der Waals surface area contributed by atoms with Crippen molar-refractivity contribution in [2.75, 3.05) is 12.1 Å². The number of hydrogen-bond donors (Lipinski definition) is 3. The summed E-state index contributed by atoms with van der Waals surface area (Å²) in [6.07, 6.45) is 2.18. The number of nitrogen functional groups attached to an aromatic ring is 1. The summed E-state index contributed by atoms with van der Waals surface area (Å²) in [6, 6.07) is 7.41. The molecule has 0 aliphatic heterocycles. The van der Waals surface area contributed by atoms with Crippen LogP contribution in [0.25, 0.3) is 11.2 Å². The molecular formula is C18H23N6O5P. The Kier molecular flexibility index (Phi) is 6.66. The van der Waals surface area contributed by atoms with Crippen LogP contribution in [0.1, 0.15) is 13.8 Å². The van der Waals surface area contributed by atoms with Gasteiger partial charge in [0.25, 0.3) is 0 Å². The number of para-hydroxylation sites is 1. The number of ether oxygens (including phenoxy) is 1. The second kappa shape index (κ2) is 9.21. The van der Waals surface area contributed by atoms with Crippen molar-refractivity contribution in [3.05, 3.63) is 43.0 Å². The normalized spacial score (nSPS) is 15.4. The Hall–Kier alpha value is -3.01. The van der Waals surface area contributed by atoms with Gasteiger partial charge in [0.15, 0.2) is 11.5 Å². The van der Waals surface area contributed by atoms with Gasteiger partial charge in [-0.1, -0.05) is 18.2 Å². The average Bonchev–Trinajstić information content (AvgIpc) is 3.11. The molecule has 160 valence electrons. The summed E-state index contributed by atoms with van der Waals surface area (Å²) < 4.78 is 26.4. The van der Waals surface area contributed by atoms with Crippen molar-refractivity contribution in [1.82, 2.24) is 24.6 Å². The lowest BCUT2D eigenvalue weighted by Gasteiger charge is -2.24. The highest BCUT2D eigenvalue weighted by atomic mass is 31.2. The number of nitrogens with two attached hydrogens (primary N) is 1. The zero-order valence-electron chi connectivity index (χ0n) is 16.5. The van der Waals surface area contributed by atoms with Crippen LogP contribution in [-0.4, -0.2) is 49.1 Å². The van der Waals surface area contributed by atoms with Crippen LogP contribution in [0.5, 0.6) is 5.75 Å². The molecule has 0 radical (unpaired) electrons. The van der Waals surface area contributed by atoms with E-state index < -0.39 is 25.6 Å². The van der Waals surface area contributed by atoms with Crippen LogP contribution in [0, 0.1) is 0 Å². The summed E-state index contributed by atoms with van der Waals surface area (Å²) in [7, 11) is -3.67. The first-order chi connectivity index (χ1) is 14.3. The van der Waals surface area contributed by atoms with Crippen LogP contribution < -0.4 is 15.3 Å². The van der Waals surface area contributed by atoms with Gasteiger partial charge in [0.1, 0.15) is 30.0 Å². The van der Waals surface area contributed by atoms with Gasteiger partial charge in [-0.15, -0.1) is 0 Å². The first-order valence-electron chi connectivity index (χ1n) is 9.14. The molecule has 1 unspecified atom stereocenters. The van der Waals surface area contributed by atoms with Crippen molar-refractivity contribution in [2.24, 2.45) is 0 Å². The lowest BCUT2D eigenvalue weighted by molar-refractivity contribution is -0.138. The molecule has 0 saturated heterocycles. The fourth-order valence-electron chi connectivity index (χ4n) is 2.68. The fourth-order valence-corrected chi connectivity index (χ4v) is 4.47. The zero-order valence-corrected chi connectivity index (χ0v) is 17.4. The van der Waals surface area contributed by atoms with Crippen molar-refractivity contribution in [1.29, 1.82) is 0 Å². The summed E-state index contributed by atoms with van der Waals surface area (Å²) in [6.45, 7) is 3.52. The van der Waals surface area contributed by atoms with Crippen LogP contribution in [0.3, 0.4) is 0 Å². The summed E-state index contributed by atoms with van der Waals surface area (Å²) >= 11 is 0. The lowest BCUT2D eigenvalue weighted by Crippen LogP contribution is -2.34. The molecule has 1 aromatic carbocycles. The van der Waals surface area contributed by atoms with E-state index in [0.29, 0.717) is 23.5 Å². The van der Waals surface area contributed by atoms with E-state index in [4.69, 9.17) is 15.0 Å². The molecule has 2 aromatic heterocycles. The quantitative estimate of drug-likeness (QED) is 0.404. The van der Waals surface area contributed by atoms with Gasteiger partial charge in [0, 0.05) is 0 Å². The van der Waals surface area contributed by atoms with Crippen LogP contribution in [-0.2, 0) is 20.6 Å². The number of carboxylic acids is 1. The summed E-state index contributed by atoms with van der Waals surface area (Å²) in [5.41, 5.74) is 6.83. The van der Waals surface area contributed by atoms with Crippen LogP contribution in [0.2, 0.25) is 0 Å². The molecule has 0 saturated carbocycles. The van der Waals surface area contributed by atoms with Crippen LogP contribution in [0.15, 0.2) is 43.0 Å². The van der Waals surface area contributed by atoms with Gasteiger partial charge in [-0.05, 0) is 26.0 Å². The number of anilines is 1. The van der Waals surface area contributed by atoms with Crippen molar-refractivity contribution in [2.45, 2.75) is 32.5 Å². The van der Waals surface area contributed by atoms with E-state index in [2.05, 4.69) is 20.0 Å². The third-order valence-electron chi connectivity index (χ3n) is 4.17. The molecule has 0 amide bonds. The third-order valence-corrected chi connectivity index (χ3v) is 5.94. The molecule has 4 N–H and O–H groups in total. The predicted molar refractivity (Wildman–Crippen MR) is 110 cm³/mol. The Labute approximate surface area is 172 Å². The molecule has 3 rings (SSSR count). The zero-order chi connectivity index (χ0) is 21.7. The molecular weight excluding hydrogens is 411 g/mol. The van der Waals surface area contributed by atoms with Gasteiger partial charge in [0.2, 0.25) is 0 Å². The van der Waals surface area contributed by atoms with Gasteiger partial charge in [-0.3, -0.25) is 9.36 Å². The monoisotopic (exact) mass is 434 g/mol. The topological polar surface area (TPSA) is 154 Å². The number of aliphatic carboxylic acids is 1. The minimum absolute atomic E-state index is 0.278. The number of fused-ring (bicyclic) bond motifs is 1. The molecule has 0 aliphatic carbocycles. The molecule has 0 aliphatic rings. The number of benzene rings is 1. The smallest absolute Gasteiger partial charge is 0.342 e. The maximum Gasteiger partial charge on any atom is 0.342 e. The molecule has 0 fully saturated rings. The van der Waals surface area contributed by atoms with Gasteiger partial charge >= 0.3 is 13.5 Å². The van der Waals surface area contributed by atoms with Gasteiger partial charge in [-0.2, -0.15) is 0 Å². The number of hydrogen-bond acceptors (Lipinski definition) is 8. The van der Waals surface area contributed by atoms with E-state index in [9.17, 15) is 14.5 Å². The number of carbonyl (C=O) groups is 1. The fraction of sp³-hybridized carbons (Fsp3) is 0.333. The SMILES string of the molecule is CC(N[P@](=O)(CO[C@H](C)Cn1cnc2c(N)ncnc21)Oc1ccccc1)C(=O)O. The number of carboxylic acid groups (broad SMARTS) is 1. The Balaban J connectivity index is 1.69. The third kappa shape index (κ3) is 5.32. The van der Waals surface area contributed by atoms with Crippen LogP contribution >= 0.6 is 7.52 Å². The molecule has 3 atom stereocenters. The van der Waals surface area contributed by atoms with E-state index in [1.54, 1.807) is 48.1 Å². The number of nitrogens with one attached hydrogen (secondary N) is 1. The van der Waals surface area contributed by atoms with Crippen molar-refractivity contribution < 1.29 is 23.7 Å². The number of imidazole rings is 1. The second-order valence-corrected chi connectivity index (χ2v) is 8.75. The molecule has 0 spiro atoms. The van der Waals surface area contributed by atoms with Gasteiger partial charge in [0.05, 0.1) is 19.0 Å². The van der Waals surface area contributed by atoms with Gasteiger partial charge in [-0.25, -0.2) is 20.0 Å². The average molecular weight is 434 g/mol. The first-order valence-corrected chi connectivity index (χ1v) is 11.0. The molecule has 12 heteroatoms. The Morgan fingerprint density at radius 1 is 1.27 bits per heavy atom. The standard InChI is InChI=1S/C18H23N6O5P/c1-12(8-24-10-22-15-16(19)20-9-21-17(15)24)28-11-30(27,23-13(2)18(25)26)29-14-6-4-3-5-7-14/h3-7,9-10,12-13H,8,11H2,1-2H3,(H,23,27)(H,25,26)(H2,19,20,21)/t12-,13?,30+/m1/s1. The largest absolute Gasteiger partial charge is 0.480 e. The van der Waals surface area contributed by atoms with E-state index in [0.717, 1.165) is 0 Å². The van der Waals surface area contributed by atoms with Crippen LogP contribution in [0.4, 0.5) is 5.82 Å². The van der Waals surface area contributed by atoms with E-state index in [-0.39, 0.29) is 12.2 Å². The van der Waals surface area contributed by atoms with Gasteiger partial charge < -0.3 is 24.7 Å². The maximum atomic E-state index is 13.3. The Morgan fingerprint density at radius 2 is 2.00 bits per heavy atom. The molecule has 2 heterocycles. The Bertz CT molecular complexity index is 1060. The number of nitrogens with zero attached hydrogens (tertiary/aromatic N) is 4. The summed E-state index contributed by atoms with van der Waals surface area (Å²) in [5.74, 6) is -0.531.